The van der Waals surface area contributed by atoms with Gasteiger partial charge in [-0.25, -0.2) is 0 Å². The molecule has 1 saturated heterocycles. The van der Waals surface area contributed by atoms with Crippen LogP contribution in [0.5, 0.6) is 5.75 Å². The third-order valence-corrected chi connectivity index (χ3v) is 4.21. The first-order chi connectivity index (χ1) is 9.54. The zero-order chi connectivity index (χ0) is 14.8. The summed E-state index contributed by atoms with van der Waals surface area (Å²) < 4.78 is 10.8. The molecule has 0 spiro atoms. The van der Waals surface area contributed by atoms with Gasteiger partial charge in [0.2, 0.25) is 0 Å². The minimum Gasteiger partial charge on any atom is -0.496 e. The molecule has 1 fully saturated rings. The molecule has 1 aliphatic heterocycles. The minimum absolute atomic E-state index is 0.0950. The van der Waals surface area contributed by atoms with Gasteiger partial charge in [-0.15, -0.1) is 0 Å². The van der Waals surface area contributed by atoms with Crippen molar-refractivity contribution in [2.24, 2.45) is 11.1 Å². The number of hydrogen-bond donors (Lipinski definition) is 1. The second kappa shape index (κ2) is 5.94. The smallest absolute Gasteiger partial charge is 0.174 e. The van der Waals surface area contributed by atoms with Crippen molar-refractivity contribution in [3.8, 4) is 5.75 Å². The highest BCUT2D eigenvalue weighted by Gasteiger charge is 2.40. The molecule has 4 heteroatoms. The fourth-order valence-corrected chi connectivity index (χ4v) is 2.93. The van der Waals surface area contributed by atoms with Crippen molar-refractivity contribution >= 4 is 5.78 Å². The molecule has 0 atom stereocenters. The number of nitrogens with two attached hydrogens (primary N) is 1. The third-order valence-electron chi connectivity index (χ3n) is 4.21. The van der Waals surface area contributed by atoms with Gasteiger partial charge in [-0.1, -0.05) is 6.07 Å². The summed E-state index contributed by atoms with van der Waals surface area (Å²) in [6.45, 7) is 5.49. The number of benzene rings is 1. The number of Topliss-reactive ketones (excluding diaryl/α,β-unsaturated/α-hetero) is 1. The average molecular weight is 277 g/mol. The number of aryl methyl sites for hydroxylation is 2. The summed E-state index contributed by atoms with van der Waals surface area (Å²) in [7, 11) is 1.60. The first-order valence-electron chi connectivity index (χ1n) is 7.02. The lowest BCUT2D eigenvalue weighted by molar-refractivity contribution is 0.0198. The van der Waals surface area contributed by atoms with Crippen LogP contribution in [0.1, 0.15) is 34.3 Å². The van der Waals surface area contributed by atoms with Gasteiger partial charge in [0.25, 0.3) is 0 Å². The van der Waals surface area contributed by atoms with Crippen molar-refractivity contribution in [1.29, 1.82) is 0 Å². The molecule has 110 valence electrons. The van der Waals surface area contributed by atoms with Crippen LogP contribution in [0.15, 0.2) is 12.1 Å². The fourth-order valence-electron chi connectivity index (χ4n) is 2.93. The van der Waals surface area contributed by atoms with Crippen LogP contribution in [0.4, 0.5) is 0 Å². The van der Waals surface area contributed by atoms with Gasteiger partial charge in [0, 0.05) is 19.8 Å². The van der Waals surface area contributed by atoms with Gasteiger partial charge in [0.1, 0.15) is 5.75 Å². The summed E-state index contributed by atoms with van der Waals surface area (Å²) in [5.41, 5.74) is 8.13. The summed E-state index contributed by atoms with van der Waals surface area (Å²) in [5.74, 6) is 0.740. The van der Waals surface area contributed by atoms with Crippen LogP contribution in [-0.2, 0) is 4.74 Å². The van der Waals surface area contributed by atoms with E-state index < -0.39 is 5.41 Å². The molecule has 0 aromatic heterocycles. The lowest BCUT2D eigenvalue weighted by Gasteiger charge is -2.35. The molecule has 0 radical (unpaired) electrons. The second-order valence-corrected chi connectivity index (χ2v) is 5.59. The second-order valence-electron chi connectivity index (χ2n) is 5.59. The molecule has 20 heavy (non-hydrogen) atoms. The van der Waals surface area contributed by atoms with Crippen molar-refractivity contribution in [1.82, 2.24) is 0 Å². The standard InChI is InChI=1S/C16H23NO3/c1-11-8-12(2)14(13(9-11)19-3)15(18)16(10-17)4-6-20-7-5-16/h8-9H,4-7,10,17H2,1-3H3. The van der Waals surface area contributed by atoms with E-state index in [1.165, 1.54) is 0 Å². The summed E-state index contributed by atoms with van der Waals surface area (Å²) in [5, 5.41) is 0. The van der Waals surface area contributed by atoms with Crippen LogP contribution in [-0.4, -0.2) is 32.7 Å². The van der Waals surface area contributed by atoms with Crippen LogP contribution in [0.3, 0.4) is 0 Å². The van der Waals surface area contributed by atoms with Gasteiger partial charge in [-0.05, 0) is 43.9 Å². The Hall–Kier alpha value is -1.39. The molecule has 0 saturated carbocycles. The molecule has 1 aromatic rings. The monoisotopic (exact) mass is 277 g/mol. The van der Waals surface area contributed by atoms with Gasteiger partial charge < -0.3 is 15.2 Å². The molecule has 1 aromatic carbocycles. The fraction of sp³-hybridized carbons (Fsp3) is 0.562. The first-order valence-corrected chi connectivity index (χ1v) is 7.02. The molecular formula is C16H23NO3. The number of methoxy groups -OCH3 is 1. The Balaban J connectivity index is 2.46. The first kappa shape index (κ1) is 15.0. The Labute approximate surface area is 120 Å². The van der Waals surface area contributed by atoms with E-state index in [0.717, 1.165) is 11.1 Å². The quantitative estimate of drug-likeness (QED) is 0.857. The van der Waals surface area contributed by atoms with Crippen molar-refractivity contribution in [3.05, 3.63) is 28.8 Å². The highest BCUT2D eigenvalue weighted by molar-refractivity contribution is 6.04. The van der Waals surface area contributed by atoms with Crippen LogP contribution in [0.2, 0.25) is 0 Å². The average Bonchev–Trinajstić information content (AvgIpc) is 2.46. The summed E-state index contributed by atoms with van der Waals surface area (Å²) >= 11 is 0. The van der Waals surface area contributed by atoms with Crippen molar-refractivity contribution in [3.63, 3.8) is 0 Å². The SMILES string of the molecule is COc1cc(C)cc(C)c1C(=O)C1(CN)CCOCC1. The van der Waals surface area contributed by atoms with Crippen LogP contribution >= 0.6 is 0 Å². The van der Waals surface area contributed by atoms with Crippen molar-refractivity contribution in [2.75, 3.05) is 26.9 Å². The molecule has 0 amide bonds. The third kappa shape index (κ3) is 2.58. The van der Waals surface area contributed by atoms with Crippen LogP contribution < -0.4 is 10.5 Å². The summed E-state index contributed by atoms with van der Waals surface area (Å²) in [6, 6.07) is 3.92. The maximum Gasteiger partial charge on any atom is 0.174 e. The molecule has 0 bridgehead atoms. The number of carbonyl (C=O) groups excluding carboxylic acids is 1. The van der Waals surface area contributed by atoms with Crippen LogP contribution in [0, 0.1) is 19.3 Å². The molecule has 2 rings (SSSR count). The predicted octanol–water partition coefficient (Wildman–Crippen LogP) is 2.25. The molecule has 4 nitrogen and oxygen atoms in total. The zero-order valence-corrected chi connectivity index (χ0v) is 12.5. The topological polar surface area (TPSA) is 61.5 Å². The highest BCUT2D eigenvalue weighted by atomic mass is 16.5. The van der Waals surface area contributed by atoms with Crippen molar-refractivity contribution in [2.45, 2.75) is 26.7 Å². The minimum atomic E-state index is -0.508. The molecule has 1 aliphatic rings. The van der Waals surface area contributed by atoms with Crippen LogP contribution in [0.25, 0.3) is 0 Å². The van der Waals surface area contributed by atoms with E-state index in [9.17, 15) is 4.79 Å². The number of hydrogen-bond acceptors (Lipinski definition) is 4. The largest absolute Gasteiger partial charge is 0.496 e. The van der Waals surface area contributed by atoms with Gasteiger partial charge in [0.15, 0.2) is 5.78 Å². The number of carbonyl (C=O) groups is 1. The Kier molecular flexibility index (Phi) is 4.45. The lowest BCUT2D eigenvalue weighted by atomic mass is 9.73. The van der Waals surface area contributed by atoms with Gasteiger partial charge in [0.05, 0.1) is 18.1 Å². The maximum absolute atomic E-state index is 13.0. The Morgan fingerprint density at radius 1 is 1.35 bits per heavy atom. The molecule has 1 heterocycles. The van der Waals surface area contributed by atoms with Gasteiger partial charge >= 0.3 is 0 Å². The summed E-state index contributed by atoms with van der Waals surface area (Å²) in [6.07, 6.45) is 1.36. The summed E-state index contributed by atoms with van der Waals surface area (Å²) in [4.78, 5) is 13.0. The van der Waals surface area contributed by atoms with Crippen molar-refractivity contribution < 1.29 is 14.3 Å². The molecular weight excluding hydrogens is 254 g/mol. The lowest BCUT2D eigenvalue weighted by Crippen LogP contribution is -2.43. The van der Waals surface area contributed by atoms with E-state index >= 15 is 0 Å². The number of ketones is 1. The Morgan fingerprint density at radius 3 is 2.55 bits per heavy atom. The van der Waals surface area contributed by atoms with E-state index in [-0.39, 0.29) is 5.78 Å². The number of rotatable bonds is 4. The van der Waals surface area contributed by atoms with E-state index in [1.807, 2.05) is 26.0 Å². The molecule has 2 N–H and O–H groups in total. The van der Waals surface area contributed by atoms with E-state index in [0.29, 0.717) is 43.9 Å². The van der Waals surface area contributed by atoms with Gasteiger partial charge in [-0.3, -0.25) is 4.79 Å². The zero-order valence-electron chi connectivity index (χ0n) is 12.5. The van der Waals surface area contributed by atoms with Gasteiger partial charge in [-0.2, -0.15) is 0 Å². The van der Waals surface area contributed by atoms with E-state index in [1.54, 1.807) is 7.11 Å². The predicted molar refractivity (Wildman–Crippen MR) is 78.3 cm³/mol. The molecule has 0 aliphatic carbocycles. The Morgan fingerprint density at radius 2 is 2.00 bits per heavy atom. The maximum atomic E-state index is 13.0. The van der Waals surface area contributed by atoms with E-state index in [2.05, 4.69) is 0 Å². The normalized spacial score (nSPS) is 17.8. The highest BCUT2D eigenvalue weighted by Crippen LogP contribution is 2.37. The van der Waals surface area contributed by atoms with E-state index in [4.69, 9.17) is 15.2 Å². The number of ether oxygens (including phenoxy) is 2. The molecule has 0 unspecified atom stereocenters. The Bertz CT molecular complexity index is 505.